The summed E-state index contributed by atoms with van der Waals surface area (Å²) in [6.07, 6.45) is -4.31. The van der Waals surface area contributed by atoms with Crippen LogP contribution in [0.5, 0.6) is 0 Å². The number of hydrogen-bond acceptors (Lipinski definition) is 5. The first kappa shape index (κ1) is 14.2. The molecule has 0 amide bonds. The summed E-state index contributed by atoms with van der Waals surface area (Å²) in [6.45, 7) is 1.41. The van der Waals surface area contributed by atoms with Crippen LogP contribution in [0.4, 0.5) is 13.2 Å². The van der Waals surface area contributed by atoms with E-state index in [1.807, 2.05) is 15.3 Å². The van der Waals surface area contributed by atoms with Crippen molar-refractivity contribution in [1.29, 1.82) is 0 Å². The van der Waals surface area contributed by atoms with E-state index in [1.165, 1.54) is 11.3 Å². The Hall–Kier alpha value is -1.74. The van der Waals surface area contributed by atoms with Gasteiger partial charge in [-0.15, -0.1) is 11.3 Å². The molecule has 0 aliphatic carbocycles. The quantitative estimate of drug-likeness (QED) is 0.918. The topological polar surface area (TPSA) is 61.9 Å². The standard InChI is InChI=1S/C12H11F3N4OS/c13-12(14,15)11-17-9-1-2-19(3-7-5-21-6-16-7)4-8(9)10(20)18-11/h5-6H,1-4H2,(H,17,18,20). The van der Waals surface area contributed by atoms with Gasteiger partial charge in [0.15, 0.2) is 0 Å². The Labute approximate surface area is 121 Å². The van der Waals surface area contributed by atoms with Crippen LogP contribution in [0.25, 0.3) is 0 Å². The van der Waals surface area contributed by atoms with Crippen molar-refractivity contribution in [1.82, 2.24) is 19.9 Å². The maximum Gasteiger partial charge on any atom is 0.449 e. The largest absolute Gasteiger partial charge is 0.449 e. The summed E-state index contributed by atoms with van der Waals surface area (Å²) >= 11 is 1.48. The molecule has 2 aromatic rings. The van der Waals surface area contributed by atoms with Crippen LogP contribution < -0.4 is 5.56 Å². The van der Waals surface area contributed by atoms with Gasteiger partial charge in [-0.3, -0.25) is 9.69 Å². The Morgan fingerprint density at radius 1 is 1.43 bits per heavy atom. The Bertz CT molecular complexity index is 696. The first-order valence-corrected chi connectivity index (χ1v) is 7.16. The molecule has 0 saturated carbocycles. The van der Waals surface area contributed by atoms with Crippen LogP contribution in [0.15, 0.2) is 15.7 Å². The van der Waals surface area contributed by atoms with Gasteiger partial charge in [0.1, 0.15) is 0 Å². The second-order valence-electron chi connectivity index (χ2n) is 4.78. The van der Waals surface area contributed by atoms with Crippen LogP contribution in [-0.4, -0.2) is 26.4 Å². The molecule has 0 atom stereocenters. The summed E-state index contributed by atoms with van der Waals surface area (Å²) in [4.78, 5) is 23.4. The zero-order valence-corrected chi connectivity index (χ0v) is 11.6. The number of rotatable bonds is 2. The molecule has 0 aromatic carbocycles. The molecule has 0 bridgehead atoms. The molecule has 0 fully saturated rings. The van der Waals surface area contributed by atoms with Crippen LogP contribution in [0, 0.1) is 0 Å². The summed E-state index contributed by atoms with van der Waals surface area (Å²) in [5.74, 6) is -1.22. The monoisotopic (exact) mass is 316 g/mol. The first-order valence-electron chi connectivity index (χ1n) is 6.22. The fourth-order valence-electron chi connectivity index (χ4n) is 2.29. The number of thiazole rings is 1. The second-order valence-corrected chi connectivity index (χ2v) is 5.50. The lowest BCUT2D eigenvalue weighted by molar-refractivity contribution is -0.145. The number of aromatic nitrogens is 3. The Balaban J connectivity index is 1.85. The third kappa shape index (κ3) is 2.98. The normalized spacial score (nSPS) is 16.0. The van der Waals surface area contributed by atoms with Crippen molar-refractivity contribution in [2.75, 3.05) is 6.54 Å². The molecule has 0 radical (unpaired) electrons. The van der Waals surface area contributed by atoms with Gasteiger partial charge in [-0.25, -0.2) is 9.97 Å². The van der Waals surface area contributed by atoms with E-state index < -0.39 is 17.6 Å². The zero-order chi connectivity index (χ0) is 15.0. The Kier molecular flexibility index (Phi) is 3.54. The lowest BCUT2D eigenvalue weighted by Gasteiger charge is -2.27. The number of nitrogens with zero attached hydrogens (tertiary/aromatic N) is 3. The Morgan fingerprint density at radius 2 is 2.24 bits per heavy atom. The van der Waals surface area contributed by atoms with Gasteiger partial charge in [0.05, 0.1) is 22.5 Å². The van der Waals surface area contributed by atoms with Crippen LogP contribution in [0.2, 0.25) is 0 Å². The van der Waals surface area contributed by atoms with E-state index >= 15 is 0 Å². The first-order chi connectivity index (χ1) is 9.93. The average Bonchev–Trinajstić information content (AvgIpc) is 2.91. The van der Waals surface area contributed by atoms with E-state index in [4.69, 9.17) is 0 Å². The van der Waals surface area contributed by atoms with E-state index in [1.54, 1.807) is 5.51 Å². The molecule has 3 heterocycles. The highest BCUT2D eigenvalue weighted by Crippen LogP contribution is 2.26. The van der Waals surface area contributed by atoms with E-state index in [-0.39, 0.29) is 12.2 Å². The summed E-state index contributed by atoms with van der Waals surface area (Å²) in [5.41, 5.74) is 2.44. The summed E-state index contributed by atoms with van der Waals surface area (Å²) in [5, 5.41) is 1.91. The third-order valence-electron chi connectivity index (χ3n) is 3.29. The Morgan fingerprint density at radius 3 is 2.90 bits per heavy atom. The molecule has 21 heavy (non-hydrogen) atoms. The number of H-pyrrole nitrogens is 1. The van der Waals surface area contributed by atoms with Crippen molar-refractivity contribution < 1.29 is 13.2 Å². The molecule has 0 spiro atoms. The molecule has 0 unspecified atom stereocenters. The minimum atomic E-state index is -4.63. The van der Waals surface area contributed by atoms with E-state index in [2.05, 4.69) is 9.97 Å². The van der Waals surface area contributed by atoms with Crippen LogP contribution in [-0.2, 0) is 25.7 Å². The van der Waals surface area contributed by atoms with E-state index in [0.717, 1.165) is 5.69 Å². The lowest BCUT2D eigenvalue weighted by Crippen LogP contribution is -2.36. The van der Waals surface area contributed by atoms with Crippen molar-refractivity contribution in [2.24, 2.45) is 0 Å². The molecule has 0 saturated heterocycles. The van der Waals surface area contributed by atoms with Crippen molar-refractivity contribution in [3.8, 4) is 0 Å². The van der Waals surface area contributed by atoms with Gasteiger partial charge in [0, 0.05) is 31.4 Å². The predicted octanol–water partition coefficient (Wildman–Crippen LogP) is 1.80. The lowest BCUT2D eigenvalue weighted by atomic mass is 10.1. The highest BCUT2D eigenvalue weighted by atomic mass is 32.1. The van der Waals surface area contributed by atoms with E-state index in [9.17, 15) is 18.0 Å². The van der Waals surface area contributed by atoms with Gasteiger partial charge in [0.25, 0.3) is 5.56 Å². The number of aromatic amines is 1. The molecule has 2 aromatic heterocycles. The summed E-state index contributed by atoms with van der Waals surface area (Å²) in [6, 6.07) is 0. The van der Waals surface area contributed by atoms with Crippen LogP contribution >= 0.6 is 11.3 Å². The fraction of sp³-hybridized carbons (Fsp3) is 0.417. The molecule has 112 valence electrons. The van der Waals surface area contributed by atoms with Gasteiger partial charge < -0.3 is 4.98 Å². The number of halogens is 3. The molecule has 1 aliphatic heterocycles. The van der Waals surface area contributed by atoms with E-state index in [0.29, 0.717) is 25.1 Å². The molecular formula is C12H11F3N4OS. The van der Waals surface area contributed by atoms with Gasteiger partial charge >= 0.3 is 6.18 Å². The van der Waals surface area contributed by atoms with Crippen molar-refractivity contribution in [3.63, 3.8) is 0 Å². The van der Waals surface area contributed by atoms with Crippen molar-refractivity contribution in [2.45, 2.75) is 25.7 Å². The predicted molar refractivity (Wildman–Crippen MR) is 69.8 cm³/mol. The highest BCUT2D eigenvalue weighted by molar-refractivity contribution is 7.07. The molecule has 3 rings (SSSR count). The van der Waals surface area contributed by atoms with Gasteiger partial charge in [-0.1, -0.05) is 0 Å². The molecule has 9 heteroatoms. The third-order valence-corrected chi connectivity index (χ3v) is 3.92. The summed E-state index contributed by atoms with van der Waals surface area (Å²) in [7, 11) is 0. The van der Waals surface area contributed by atoms with Crippen LogP contribution in [0.1, 0.15) is 22.8 Å². The summed E-state index contributed by atoms with van der Waals surface area (Å²) < 4.78 is 37.8. The number of fused-ring (bicyclic) bond motifs is 1. The minimum absolute atomic E-state index is 0.237. The average molecular weight is 316 g/mol. The highest BCUT2D eigenvalue weighted by Gasteiger charge is 2.35. The molecule has 1 N–H and O–H groups in total. The smallest absolute Gasteiger partial charge is 0.303 e. The van der Waals surface area contributed by atoms with Crippen molar-refractivity contribution in [3.05, 3.63) is 44.0 Å². The maximum atomic E-state index is 12.6. The van der Waals surface area contributed by atoms with Gasteiger partial charge in [-0.2, -0.15) is 13.2 Å². The number of alkyl halides is 3. The second kappa shape index (κ2) is 5.23. The maximum absolute atomic E-state index is 12.6. The molecule has 5 nitrogen and oxygen atoms in total. The van der Waals surface area contributed by atoms with Gasteiger partial charge in [0.2, 0.25) is 5.82 Å². The molecular weight excluding hydrogens is 305 g/mol. The fourth-order valence-corrected chi connectivity index (χ4v) is 2.84. The SMILES string of the molecule is O=c1[nH]c(C(F)(F)F)nc2c1CN(Cc1cscn1)CC2. The van der Waals surface area contributed by atoms with Crippen LogP contribution in [0.3, 0.4) is 0 Å². The van der Waals surface area contributed by atoms with Crippen molar-refractivity contribution >= 4 is 11.3 Å². The number of hydrogen-bond donors (Lipinski definition) is 1. The number of nitrogens with one attached hydrogen (secondary N) is 1. The zero-order valence-electron chi connectivity index (χ0n) is 10.8. The molecule has 1 aliphatic rings. The minimum Gasteiger partial charge on any atom is -0.303 e. The van der Waals surface area contributed by atoms with Gasteiger partial charge in [-0.05, 0) is 0 Å².